The molecule has 8 heteroatoms. The van der Waals surface area contributed by atoms with Crippen LogP contribution in [0.4, 0.5) is 0 Å². The van der Waals surface area contributed by atoms with E-state index in [0.717, 1.165) is 12.8 Å². The molecule has 0 saturated heterocycles. The second-order valence-corrected chi connectivity index (χ2v) is 6.90. The van der Waals surface area contributed by atoms with Gasteiger partial charge in [0.15, 0.2) is 0 Å². The second-order valence-electron chi connectivity index (χ2n) is 4.78. The van der Waals surface area contributed by atoms with Crippen LogP contribution in [0.1, 0.15) is 32.6 Å². The average molecular weight is 347 g/mol. The molecule has 1 aromatic rings. The van der Waals surface area contributed by atoms with E-state index in [1.54, 1.807) is 0 Å². The Bertz CT molecular complexity index is 614. The molecular formula is C14H19ClN2O4S. The third-order valence-electron chi connectivity index (χ3n) is 2.83. The van der Waals surface area contributed by atoms with E-state index in [0.29, 0.717) is 18.0 Å². The monoisotopic (exact) mass is 346 g/mol. The summed E-state index contributed by atoms with van der Waals surface area (Å²) in [6.45, 7) is 2.00. The first-order chi connectivity index (χ1) is 10.3. The molecule has 0 aromatic heterocycles. The van der Waals surface area contributed by atoms with Crippen molar-refractivity contribution < 1.29 is 18.0 Å². The maximum atomic E-state index is 11.9. The van der Waals surface area contributed by atoms with Gasteiger partial charge in [0.25, 0.3) is 10.0 Å². The molecule has 0 aliphatic heterocycles. The van der Waals surface area contributed by atoms with E-state index in [1.807, 2.05) is 4.72 Å². The maximum Gasteiger partial charge on any atom is 0.264 e. The van der Waals surface area contributed by atoms with E-state index in [4.69, 9.17) is 11.6 Å². The number of amides is 2. The number of unbranched alkanes of at least 4 members (excludes halogenated alkanes) is 2. The van der Waals surface area contributed by atoms with Crippen LogP contribution in [-0.4, -0.2) is 26.8 Å². The number of carbonyl (C=O) groups excluding carboxylic acids is 2. The molecule has 0 radical (unpaired) electrons. The van der Waals surface area contributed by atoms with Crippen LogP contribution in [0.25, 0.3) is 0 Å². The number of rotatable bonds is 8. The van der Waals surface area contributed by atoms with Crippen molar-refractivity contribution in [3.8, 4) is 0 Å². The zero-order valence-corrected chi connectivity index (χ0v) is 13.8. The van der Waals surface area contributed by atoms with Crippen molar-refractivity contribution in [1.29, 1.82) is 0 Å². The number of sulfonamides is 1. The van der Waals surface area contributed by atoms with Crippen LogP contribution in [0.5, 0.6) is 0 Å². The highest BCUT2D eigenvalue weighted by atomic mass is 35.5. The van der Waals surface area contributed by atoms with Gasteiger partial charge >= 0.3 is 0 Å². The van der Waals surface area contributed by atoms with Crippen molar-refractivity contribution in [3.05, 3.63) is 29.3 Å². The predicted molar refractivity (Wildman–Crippen MR) is 83.9 cm³/mol. The van der Waals surface area contributed by atoms with Crippen molar-refractivity contribution in [1.82, 2.24) is 10.0 Å². The van der Waals surface area contributed by atoms with E-state index in [2.05, 4.69) is 5.32 Å². The molecule has 0 atom stereocenters. The van der Waals surface area contributed by atoms with Gasteiger partial charge in [0, 0.05) is 24.9 Å². The Morgan fingerprint density at radius 3 is 2.32 bits per heavy atom. The topological polar surface area (TPSA) is 92.3 Å². The summed E-state index contributed by atoms with van der Waals surface area (Å²) in [5.74, 6) is -0.638. The van der Waals surface area contributed by atoms with Crippen LogP contribution in [0.15, 0.2) is 29.2 Å². The van der Waals surface area contributed by atoms with Gasteiger partial charge in [-0.3, -0.25) is 9.59 Å². The maximum absolute atomic E-state index is 11.9. The normalized spacial score (nSPS) is 11.0. The first-order valence-corrected chi connectivity index (χ1v) is 8.73. The minimum absolute atomic E-state index is 0.00379. The Hall–Kier alpha value is -1.60. The van der Waals surface area contributed by atoms with E-state index in [9.17, 15) is 18.0 Å². The Morgan fingerprint density at radius 1 is 1.09 bits per heavy atom. The van der Waals surface area contributed by atoms with Crippen LogP contribution in [-0.2, 0) is 19.6 Å². The molecule has 2 N–H and O–H groups in total. The summed E-state index contributed by atoms with van der Waals surface area (Å²) in [4.78, 5) is 22.3. The molecular weight excluding hydrogens is 328 g/mol. The standard InChI is InChI=1S/C14H19ClN2O4S/c1-11(18)16-10-4-2-3-5-14(19)17-22(20,21)13-8-6-12(15)7-9-13/h6-9H,2-5,10H2,1H3,(H,16,18)(H,17,19). The molecule has 2 amide bonds. The number of carbonyl (C=O) groups is 2. The highest BCUT2D eigenvalue weighted by Crippen LogP contribution is 2.14. The Morgan fingerprint density at radius 2 is 1.73 bits per heavy atom. The minimum atomic E-state index is -3.85. The molecule has 1 aromatic carbocycles. The largest absolute Gasteiger partial charge is 0.356 e. The molecule has 0 aliphatic rings. The van der Waals surface area contributed by atoms with Crippen molar-refractivity contribution in [3.63, 3.8) is 0 Å². The molecule has 6 nitrogen and oxygen atoms in total. The van der Waals surface area contributed by atoms with Crippen molar-refractivity contribution in [2.75, 3.05) is 6.54 Å². The summed E-state index contributed by atoms with van der Waals surface area (Å²) in [7, 11) is -3.85. The van der Waals surface area contributed by atoms with Gasteiger partial charge < -0.3 is 5.32 Å². The van der Waals surface area contributed by atoms with Gasteiger partial charge in [-0.05, 0) is 37.1 Å². The Balaban J connectivity index is 2.35. The zero-order valence-electron chi connectivity index (χ0n) is 12.3. The molecule has 1 rings (SSSR count). The van der Waals surface area contributed by atoms with E-state index >= 15 is 0 Å². The van der Waals surface area contributed by atoms with Gasteiger partial charge in [0.05, 0.1) is 4.90 Å². The lowest BCUT2D eigenvalue weighted by atomic mass is 10.2. The molecule has 0 saturated carbocycles. The SMILES string of the molecule is CC(=O)NCCCCCC(=O)NS(=O)(=O)c1ccc(Cl)cc1. The van der Waals surface area contributed by atoms with Crippen molar-refractivity contribution in [2.45, 2.75) is 37.5 Å². The Labute approximate surface area is 135 Å². The lowest BCUT2D eigenvalue weighted by Crippen LogP contribution is -2.30. The lowest BCUT2D eigenvalue weighted by Gasteiger charge is -2.07. The molecule has 0 heterocycles. The van der Waals surface area contributed by atoms with Crippen molar-refractivity contribution >= 4 is 33.4 Å². The van der Waals surface area contributed by atoms with E-state index in [-0.39, 0.29) is 17.2 Å². The van der Waals surface area contributed by atoms with Gasteiger partial charge in [0.1, 0.15) is 0 Å². The quantitative estimate of drug-likeness (QED) is 0.702. The van der Waals surface area contributed by atoms with Crippen LogP contribution < -0.4 is 10.0 Å². The number of nitrogens with one attached hydrogen (secondary N) is 2. The van der Waals surface area contributed by atoms with Crippen LogP contribution >= 0.6 is 11.6 Å². The van der Waals surface area contributed by atoms with Gasteiger partial charge in [-0.1, -0.05) is 18.0 Å². The highest BCUT2D eigenvalue weighted by molar-refractivity contribution is 7.90. The summed E-state index contributed by atoms with van der Waals surface area (Å²) in [6.07, 6.45) is 2.15. The van der Waals surface area contributed by atoms with Crippen LogP contribution in [0, 0.1) is 0 Å². The van der Waals surface area contributed by atoms with Crippen LogP contribution in [0.2, 0.25) is 5.02 Å². The van der Waals surface area contributed by atoms with Gasteiger partial charge in [-0.2, -0.15) is 0 Å². The molecule has 122 valence electrons. The first kappa shape index (κ1) is 18.4. The molecule has 0 aliphatic carbocycles. The lowest BCUT2D eigenvalue weighted by molar-refractivity contribution is -0.120. The summed E-state index contributed by atoms with van der Waals surface area (Å²) in [6, 6.07) is 5.57. The van der Waals surface area contributed by atoms with Crippen molar-refractivity contribution in [2.24, 2.45) is 0 Å². The molecule has 0 fully saturated rings. The van der Waals surface area contributed by atoms with Gasteiger partial charge in [-0.15, -0.1) is 0 Å². The Kier molecular flexibility index (Phi) is 7.34. The number of hydrogen-bond donors (Lipinski definition) is 2. The predicted octanol–water partition coefficient (Wildman–Crippen LogP) is 1.84. The second kappa shape index (κ2) is 8.75. The molecule has 0 bridgehead atoms. The fraction of sp³-hybridized carbons (Fsp3) is 0.429. The van der Waals surface area contributed by atoms with Gasteiger partial charge in [0.2, 0.25) is 11.8 Å². The summed E-state index contributed by atoms with van der Waals surface area (Å²) in [5, 5.41) is 3.07. The fourth-order valence-electron chi connectivity index (χ4n) is 1.73. The number of halogens is 1. The minimum Gasteiger partial charge on any atom is -0.356 e. The highest BCUT2D eigenvalue weighted by Gasteiger charge is 2.16. The summed E-state index contributed by atoms with van der Waals surface area (Å²) < 4.78 is 25.9. The molecule has 22 heavy (non-hydrogen) atoms. The number of benzene rings is 1. The first-order valence-electron chi connectivity index (χ1n) is 6.87. The average Bonchev–Trinajstić information content (AvgIpc) is 2.42. The van der Waals surface area contributed by atoms with E-state index in [1.165, 1.54) is 31.2 Å². The zero-order chi connectivity index (χ0) is 16.6. The van der Waals surface area contributed by atoms with E-state index < -0.39 is 15.9 Å². The smallest absolute Gasteiger partial charge is 0.264 e. The fourth-order valence-corrected chi connectivity index (χ4v) is 2.87. The molecule has 0 unspecified atom stereocenters. The van der Waals surface area contributed by atoms with Crippen LogP contribution in [0.3, 0.4) is 0 Å². The third kappa shape index (κ3) is 6.91. The molecule has 0 spiro atoms. The summed E-state index contributed by atoms with van der Waals surface area (Å²) >= 11 is 5.69. The van der Waals surface area contributed by atoms with Gasteiger partial charge in [-0.25, -0.2) is 13.1 Å². The summed E-state index contributed by atoms with van der Waals surface area (Å²) in [5.41, 5.74) is 0. The number of hydrogen-bond acceptors (Lipinski definition) is 4. The third-order valence-corrected chi connectivity index (χ3v) is 4.47.